The molecule has 0 radical (unpaired) electrons. The molecule has 2 rings (SSSR count). The number of pyridine rings is 1. The fraction of sp³-hybridized carbons (Fsp3) is 0.357. The van der Waals surface area contributed by atoms with Crippen molar-refractivity contribution in [3.63, 3.8) is 0 Å². The zero-order valence-corrected chi connectivity index (χ0v) is 12.6. The lowest BCUT2D eigenvalue weighted by Crippen LogP contribution is -2.25. The predicted molar refractivity (Wildman–Crippen MR) is 83.2 cm³/mol. The van der Waals surface area contributed by atoms with Gasteiger partial charge in [-0.05, 0) is 24.1 Å². The van der Waals surface area contributed by atoms with Gasteiger partial charge in [-0.1, -0.05) is 29.8 Å². The molecular formula is C14H18BrN3O. The summed E-state index contributed by atoms with van der Waals surface area (Å²) in [6.45, 7) is 4.43. The number of fused-ring (bicyclic) bond motifs is 1. The Morgan fingerprint density at radius 1 is 1.42 bits per heavy atom. The van der Waals surface area contributed by atoms with E-state index in [9.17, 15) is 5.11 Å². The highest BCUT2D eigenvalue weighted by Gasteiger charge is 2.12. The van der Waals surface area contributed by atoms with Gasteiger partial charge >= 0.3 is 0 Å². The van der Waals surface area contributed by atoms with Crippen LogP contribution in [0.1, 0.15) is 13.8 Å². The summed E-state index contributed by atoms with van der Waals surface area (Å²) in [7, 11) is 0. The van der Waals surface area contributed by atoms with Crippen LogP contribution >= 0.6 is 15.9 Å². The number of aliphatic hydroxyl groups is 1. The molecule has 1 atom stereocenters. The number of rotatable bonds is 4. The summed E-state index contributed by atoms with van der Waals surface area (Å²) >= 11 is 3.45. The van der Waals surface area contributed by atoms with E-state index in [1.54, 1.807) is 6.20 Å². The molecule has 1 aromatic heterocycles. The number of halogens is 1. The first-order chi connectivity index (χ1) is 8.99. The van der Waals surface area contributed by atoms with Crippen molar-refractivity contribution < 1.29 is 5.11 Å². The van der Waals surface area contributed by atoms with Crippen LogP contribution in [-0.2, 0) is 0 Å². The molecule has 0 aliphatic rings. The van der Waals surface area contributed by atoms with Gasteiger partial charge in [-0.2, -0.15) is 0 Å². The first-order valence-corrected chi connectivity index (χ1v) is 7.04. The van der Waals surface area contributed by atoms with E-state index in [0.717, 1.165) is 21.1 Å². The van der Waals surface area contributed by atoms with Crippen molar-refractivity contribution >= 4 is 38.2 Å². The van der Waals surface area contributed by atoms with Crippen LogP contribution < -0.4 is 11.1 Å². The third kappa shape index (κ3) is 3.16. The fourth-order valence-electron chi connectivity index (χ4n) is 1.82. The molecule has 0 saturated carbocycles. The average Bonchev–Trinajstić information content (AvgIpc) is 2.37. The Kier molecular flexibility index (Phi) is 4.27. The molecule has 5 heteroatoms. The second-order valence-electron chi connectivity index (χ2n) is 4.94. The number of benzene rings is 1. The van der Waals surface area contributed by atoms with E-state index >= 15 is 0 Å². The minimum Gasteiger partial charge on any atom is -0.396 e. The van der Waals surface area contributed by atoms with Gasteiger partial charge in [-0.15, -0.1) is 0 Å². The molecule has 19 heavy (non-hydrogen) atoms. The number of aromatic nitrogens is 1. The van der Waals surface area contributed by atoms with Crippen molar-refractivity contribution in [3.05, 3.63) is 28.9 Å². The van der Waals surface area contributed by atoms with Crippen LogP contribution in [0.3, 0.4) is 0 Å². The fourth-order valence-corrected chi connectivity index (χ4v) is 2.18. The SMILES string of the molecule is CC(C)C(O)CNc1c(N)cnc2ccc(Br)cc12. The Hall–Kier alpha value is -1.33. The Morgan fingerprint density at radius 2 is 2.16 bits per heavy atom. The molecule has 0 aliphatic carbocycles. The van der Waals surface area contributed by atoms with Gasteiger partial charge in [0.2, 0.25) is 0 Å². The van der Waals surface area contributed by atoms with Crippen molar-refractivity contribution in [2.75, 3.05) is 17.6 Å². The van der Waals surface area contributed by atoms with Gasteiger partial charge in [0.25, 0.3) is 0 Å². The number of aliphatic hydroxyl groups excluding tert-OH is 1. The van der Waals surface area contributed by atoms with Gasteiger partial charge in [0.15, 0.2) is 0 Å². The molecular weight excluding hydrogens is 306 g/mol. The number of nitrogens with one attached hydrogen (secondary N) is 1. The first kappa shape index (κ1) is 14.1. The van der Waals surface area contributed by atoms with E-state index < -0.39 is 6.10 Å². The van der Waals surface area contributed by atoms with E-state index in [1.165, 1.54) is 0 Å². The topological polar surface area (TPSA) is 71.2 Å². The molecule has 0 saturated heterocycles. The Labute approximate surface area is 121 Å². The van der Waals surface area contributed by atoms with E-state index in [0.29, 0.717) is 12.2 Å². The van der Waals surface area contributed by atoms with Crippen LogP contribution in [-0.4, -0.2) is 22.7 Å². The van der Waals surface area contributed by atoms with E-state index in [2.05, 4.69) is 26.2 Å². The second-order valence-corrected chi connectivity index (χ2v) is 5.86. The summed E-state index contributed by atoms with van der Waals surface area (Å²) in [5.41, 5.74) is 8.26. The molecule has 0 fully saturated rings. The van der Waals surface area contributed by atoms with E-state index in [1.807, 2.05) is 32.0 Å². The van der Waals surface area contributed by atoms with Gasteiger partial charge in [0, 0.05) is 16.4 Å². The van der Waals surface area contributed by atoms with Gasteiger partial charge in [-0.3, -0.25) is 4.98 Å². The first-order valence-electron chi connectivity index (χ1n) is 6.24. The summed E-state index contributed by atoms with van der Waals surface area (Å²) in [5.74, 6) is 0.202. The summed E-state index contributed by atoms with van der Waals surface area (Å²) in [6, 6.07) is 5.85. The summed E-state index contributed by atoms with van der Waals surface area (Å²) in [5, 5.41) is 14.1. The molecule has 4 N–H and O–H groups in total. The lowest BCUT2D eigenvalue weighted by atomic mass is 10.1. The minimum absolute atomic E-state index is 0.202. The maximum absolute atomic E-state index is 9.88. The van der Waals surface area contributed by atoms with Crippen LogP contribution in [0.25, 0.3) is 10.9 Å². The highest BCUT2D eigenvalue weighted by Crippen LogP contribution is 2.30. The highest BCUT2D eigenvalue weighted by molar-refractivity contribution is 9.10. The number of nitrogens with zero attached hydrogens (tertiary/aromatic N) is 1. The number of nitrogen functional groups attached to an aromatic ring is 1. The van der Waals surface area contributed by atoms with Crippen molar-refractivity contribution in [3.8, 4) is 0 Å². The largest absolute Gasteiger partial charge is 0.396 e. The van der Waals surface area contributed by atoms with Gasteiger partial charge in [0.1, 0.15) is 0 Å². The normalized spacial score (nSPS) is 12.9. The summed E-state index contributed by atoms with van der Waals surface area (Å²) in [4.78, 5) is 4.30. The molecule has 4 nitrogen and oxygen atoms in total. The highest BCUT2D eigenvalue weighted by atomic mass is 79.9. The molecule has 1 heterocycles. The molecule has 0 amide bonds. The lowest BCUT2D eigenvalue weighted by molar-refractivity contribution is 0.138. The lowest BCUT2D eigenvalue weighted by Gasteiger charge is -2.18. The molecule has 0 bridgehead atoms. The van der Waals surface area contributed by atoms with E-state index in [-0.39, 0.29) is 5.92 Å². The molecule has 0 spiro atoms. The monoisotopic (exact) mass is 323 g/mol. The zero-order valence-electron chi connectivity index (χ0n) is 11.0. The summed E-state index contributed by atoms with van der Waals surface area (Å²) in [6.07, 6.45) is 1.23. The Balaban J connectivity index is 2.35. The maximum Gasteiger partial charge on any atom is 0.0743 e. The number of anilines is 2. The average molecular weight is 324 g/mol. The predicted octanol–water partition coefficient (Wildman–Crippen LogP) is 3.01. The molecule has 1 aromatic carbocycles. The Bertz CT molecular complexity index is 581. The van der Waals surface area contributed by atoms with Crippen LogP contribution in [0.15, 0.2) is 28.9 Å². The van der Waals surface area contributed by atoms with Crippen molar-refractivity contribution in [2.45, 2.75) is 20.0 Å². The molecule has 2 aromatic rings. The molecule has 1 unspecified atom stereocenters. The minimum atomic E-state index is -0.408. The molecule has 102 valence electrons. The second kappa shape index (κ2) is 5.75. The quantitative estimate of drug-likeness (QED) is 0.808. The maximum atomic E-state index is 9.88. The zero-order chi connectivity index (χ0) is 14.0. The molecule has 0 aliphatic heterocycles. The van der Waals surface area contributed by atoms with Crippen molar-refractivity contribution in [2.24, 2.45) is 5.92 Å². The third-order valence-electron chi connectivity index (χ3n) is 3.12. The number of hydrogen-bond acceptors (Lipinski definition) is 4. The van der Waals surface area contributed by atoms with Crippen LogP contribution in [0.2, 0.25) is 0 Å². The standard InChI is InChI=1S/C14H18BrN3O/c1-8(2)13(19)7-18-14-10-5-9(15)3-4-12(10)17-6-11(14)16/h3-6,8,13,19H,7,16H2,1-2H3,(H,17,18). The van der Waals surface area contributed by atoms with Crippen LogP contribution in [0.5, 0.6) is 0 Å². The van der Waals surface area contributed by atoms with Gasteiger partial charge < -0.3 is 16.2 Å². The van der Waals surface area contributed by atoms with Crippen LogP contribution in [0.4, 0.5) is 11.4 Å². The smallest absolute Gasteiger partial charge is 0.0743 e. The van der Waals surface area contributed by atoms with Gasteiger partial charge in [0.05, 0.1) is 29.2 Å². The summed E-state index contributed by atoms with van der Waals surface area (Å²) < 4.78 is 0.972. The van der Waals surface area contributed by atoms with E-state index in [4.69, 9.17) is 5.73 Å². The Morgan fingerprint density at radius 3 is 2.84 bits per heavy atom. The number of nitrogens with two attached hydrogens (primary N) is 1. The van der Waals surface area contributed by atoms with Crippen LogP contribution in [0, 0.1) is 5.92 Å². The third-order valence-corrected chi connectivity index (χ3v) is 3.61. The van der Waals surface area contributed by atoms with Crippen molar-refractivity contribution in [1.82, 2.24) is 4.98 Å². The van der Waals surface area contributed by atoms with Crippen molar-refractivity contribution in [1.29, 1.82) is 0 Å². The van der Waals surface area contributed by atoms with Gasteiger partial charge in [-0.25, -0.2) is 0 Å². The number of hydrogen-bond donors (Lipinski definition) is 3.